The van der Waals surface area contributed by atoms with Crippen molar-refractivity contribution in [3.8, 4) is 12.3 Å². The van der Waals surface area contributed by atoms with E-state index in [0.29, 0.717) is 6.54 Å². The lowest BCUT2D eigenvalue weighted by Gasteiger charge is -2.18. The molecule has 12 heavy (non-hydrogen) atoms. The topological polar surface area (TPSA) is 37.8 Å². The lowest BCUT2D eigenvalue weighted by Crippen LogP contribution is -2.36. The summed E-state index contributed by atoms with van der Waals surface area (Å²) < 4.78 is 3.75. The molecule has 1 N–H and O–H groups in total. The molecular formula is C8H11N3S. The summed E-state index contributed by atoms with van der Waals surface area (Å²) in [5, 5.41) is 8.97. The van der Waals surface area contributed by atoms with E-state index >= 15 is 0 Å². The summed E-state index contributed by atoms with van der Waals surface area (Å²) in [4.78, 5) is 0. The molecule has 1 aromatic rings. The first-order valence-electron chi connectivity index (χ1n) is 3.63. The fraction of sp³-hybridized carbons (Fsp3) is 0.500. The number of hydrogen-bond acceptors (Lipinski definition) is 4. The summed E-state index contributed by atoms with van der Waals surface area (Å²) in [6, 6.07) is 0. The number of rotatable bonds is 3. The quantitative estimate of drug-likeness (QED) is 0.708. The van der Waals surface area contributed by atoms with Crippen LogP contribution in [-0.2, 0) is 6.54 Å². The number of aromatic nitrogens is 2. The normalized spacial score (nSPS) is 11.1. The molecule has 64 valence electrons. The molecule has 1 aromatic heterocycles. The Labute approximate surface area is 76.4 Å². The van der Waals surface area contributed by atoms with Gasteiger partial charge in [0.05, 0.1) is 11.2 Å². The van der Waals surface area contributed by atoms with Crippen LogP contribution in [0.4, 0.5) is 0 Å². The third-order valence-corrected chi connectivity index (χ3v) is 2.03. The minimum Gasteiger partial charge on any atom is -0.296 e. The van der Waals surface area contributed by atoms with Gasteiger partial charge in [0.1, 0.15) is 0 Å². The first-order valence-corrected chi connectivity index (χ1v) is 4.46. The van der Waals surface area contributed by atoms with Gasteiger partial charge in [0.15, 0.2) is 0 Å². The van der Waals surface area contributed by atoms with Crippen molar-refractivity contribution in [2.45, 2.75) is 25.9 Å². The Morgan fingerprint density at radius 2 is 2.50 bits per heavy atom. The Balaban J connectivity index is 2.42. The van der Waals surface area contributed by atoms with Crippen LogP contribution in [0, 0.1) is 12.3 Å². The Morgan fingerprint density at radius 3 is 3.00 bits per heavy atom. The molecule has 0 spiro atoms. The Hall–Kier alpha value is -0.920. The highest BCUT2D eigenvalue weighted by molar-refractivity contribution is 7.03. The maximum atomic E-state index is 5.30. The highest BCUT2D eigenvalue weighted by Gasteiger charge is 2.12. The number of nitrogens with one attached hydrogen (secondary N) is 1. The van der Waals surface area contributed by atoms with E-state index < -0.39 is 0 Å². The van der Waals surface area contributed by atoms with E-state index in [1.54, 1.807) is 0 Å². The second-order valence-corrected chi connectivity index (χ2v) is 3.63. The Kier molecular flexibility index (Phi) is 2.79. The van der Waals surface area contributed by atoms with Crippen LogP contribution in [0.15, 0.2) is 5.38 Å². The molecule has 0 aromatic carbocycles. The summed E-state index contributed by atoms with van der Waals surface area (Å²) >= 11 is 1.34. The third-order valence-electron chi connectivity index (χ3n) is 1.48. The van der Waals surface area contributed by atoms with Gasteiger partial charge in [-0.15, -0.1) is 11.5 Å². The molecule has 0 saturated carbocycles. The predicted molar refractivity (Wildman–Crippen MR) is 49.7 cm³/mol. The fourth-order valence-electron chi connectivity index (χ4n) is 0.624. The van der Waals surface area contributed by atoms with Crippen molar-refractivity contribution >= 4 is 11.5 Å². The first kappa shape index (κ1) is 9.17. The van der Waals surface area contributed by atoms with Crippen molar-refractivity contribution in [3.05, 3.63) is 11.1 Å². The van der Waals surface area contributed by atoms with E-state index in [9.17, 15) is 0 Å². The number of hydrogen-bond donors (Lipinski definition) is 1. The van der Waals surface area contributed by atoms with E-state index in [1.807, 2.05) is 19.2 Å². The molecule has 0 fully saturated rings. The highest BCUT2D eigenvalue weighted by atomic mass is 32.1. The van der Waals surface area contributed by atoms with Crippen molar-refractivity contribution in [2.75, 3.05) is 0 Å². The van der Waals surface area contributed by atoms with Crippen molar-refractivity contribution in [2.24, 2.45) is 0 Å². The number of nitrogens with zero attached hydrogens (tertiary/aromatic N) is 2. The SMILES string of the molecule is C#CC(C)(C)NCc1csnn1. The molecule has 0 amide bonds. The third kappa shape index (κ3) is 2.61. The van der Waals surface area contributed by atoms with Gasteiger partial charge >= 0.3 is 0 Å². The van der Waals surface area contributed by atoms with Gasteiger partial charge in [-0.3, -0.25) is 5.32 Å². The Morgan fingerprint density at radius 1 is 1.75 bits per heavy atom. The Bertz CT molecular complexity index is 271. The van der Waals surface area contributed by atoms with Gasteiger partial charge in [-0.05, 0) is 25.4 Å². The van der Waals surface area contributed by atoms with Crippen LogP contribution in [0.3, 0.4) is 0 Å². The maximum Gasteiger partial charge on any atom is 0.0893 e. The summed E-state index contributed by atoms with van der Waals surface area (Å²) in [5.41, 5.74) is 0.659. The van der Waals surface area contributed by atoms with E-state index in [0.717, 1.165) is 5.69 Å². The van der Waals surface area contributed by atoms with E-state index in [4.69, 9.17) is 6.42 Å². The molecule has 0 aliphatic rings. The monoisotopic (exact) mass is 181 g/mol. The average Bonchev–Trinajstić information content (AvgIpc) is 2.53. The number of terminal acetylenes is 1. The smallest absolute Gasteiger partial charge is 0.0893 e. The van der Waals surface area contributed by atoms with Gasteiger partial charge in [0.2, 0.25) is 0 Å². The molecular weight excluding hydrogens is 170 g/mol. The molecule has 0 atom stereocenters. The van der Waals surface area contributed by atoms with Crippen LogP contribution < -0.4 is 5.32 Å². The molecule has 4 heteroatoms. The van der Waals surface area contributed by atoms with E-state index in [-0.39, 0.29) is 5.54 Å². The zero-order chi connectivity index (χ0) is 9.03. The molecule has 0 aliphatic carbocycles. The largest absolute Gasteiger partial charge is 0.296 e. The summed E-state index contributed by atoms with van der Waals surface area (Å²) in [6.07, 6.45) is 5.30. The predicted octanol–water partition coefficient (Wildman–Crippen LogP) is 1.04. The van der Waals surface area contributed by atoms with Crippen LogP contribution in [0.2, 0.25) is 0 Å². The van der Waals surface area contributed by atoms with Crippen molar-refractivity contribution in [3.63, 3.8) is 0 Å². The van der Waals surface area contributed by atoms with Gasteiger partial charge in [0.25, 0.3) is 0 Å². The van der Waals surface area contributed by atoms with Gasteiger partial charge in [-0.2, -0.15) is 0 Å². The molecule has 0 saturated heterocycles. The molecule has 0 bridgehead atoms. The average molecular weight is 181 g/mol. The summed E-state index contributed by atoms with van der Waals surface area (Å²) in [5.74, 6) is 2.65. The second-order valence-electron chi connectivity index (χ2n) is 3.02. The van der Waals surface area contributed by atoms with Crippen molar-refractivity contribution in [1.29, 1.82) is 0 Å². The standard InChI is InChI=1S/C8H11N3S/c1-4-8(2,3)9-5-7-6-12-11-10-7/h1,6,9H,5H2,2-3H3. The lowest BCUT2D eigenvalue weighted by molar-refractivity contribution is 0.486. The molecule has 1 rings (SSSR count). The molecule has 3 nitrogen and oxygen atoms in total. The fourth-order valence-corrected chi connectivity index (χ4v) is 1.07. The molecule has 0 aliphatic heterocycles. The molecule has 0 unspecified atom stereocenters. The molecule has 1 heterocycles. The van der Waals surface area contributed by atoms with Gasteiger partial charge in [-0.25, -0.2) is 0 Å². The molecule has 0 radical (unpaired) electrons. The summed E-state index contributed by atoms with van der Waals surface area (Å²) in [7, 11) is 0. The van der Waals surface area contributed by atoms with Crippen LogP contribution >= 0.6 is 11.5 Å². The van der Waals surface area contributed by atoms with Crippen LogP contribution in [0.5, 0.6) is 0 Å². The minimum absolute atomic E-state index is 0.274. The van der Waals surface area contributed by atoms with Crippen LogP contribution in [0.25, 0.3) is 0 Å². The maximum absolute atomic E-state index is 5.30. The minimum atomic E-state index is -0.274. The van der Waals surface area contributed by atoms with E-state index in [1.165, 1.54) is 11.5 Å². The second kappa shape index (κ2) is 3.65. The van der Waals surface area contributed by atoms with Gasteiger partial charge in [0, 0.05) is 11.9 Å². The van der Waals surface area contributed by atoms with Crippen molar-refractivity contribution in [1.82, 2.24) is 14.9 Å². The zero-order valence-electron chi connectivity index (χ0n) is 7.16. The van der Waals surface area contributed by atoms with E-state index in [2.05, 4.69) is 20.8 Å². The first-order chi connectivity index (χ1) is 5.64. The highest BCUT2D eigenvalue weighted by Crippen LogP contribution is 2.02. The lowest BCUT2D eigenvalue weighted by atomic mass is 10.1. The van der Waals surface area contributed by atoms with Crippen LogP contribution in [-0.4, -0.2) is 15.1 Å². The summed E-state index contributed by atoms with van der Waals surface area (Å²) in [6.45, 7) is 4.58. The van der Waals surface area contributed by atoms with Crippen molar-refractivity contribution < 1.29 is 0 Å². The van der Waals surface area contributed by atoms with Gasteiger partial charge in [-0.1, -0.05) is 10.4 Å². The van der Waals surface area contributed by atoms with Crippen LogP contribution in [0.1, 0.15) is 19.5 Å². The van der Waals surface area contributed by atoms with Gasteiger partial charge < -0.3 is 0 Å². The zero-order valence-corrected chi connectivity index (χ0v) is 7.98.